The first-order valence-corrected chi connectivity index (χ1v) is 9.48. The summed E-state index contributed by atoms with van der Waals surface area (Å²) < 4.78 is 126. The number of alkyl halides is 9. The summed E-state index contributed by atoms with van der Waals surface area (Å²) >= 11 is 0. The van der Waals surface area contributed by atoms with Crippen LogP contribution in [-0.4, -0.2) is 16.2 Å². The largest absolute Gasteiger partial charge is 0.478 e. The summed E-state index contributed by atoms with van der Waals surface area (Å²) in [6, 6.07) is 1.23. The summed E-state index contributed by atoms with van der Waals surface area (Å²) in [4.78, 5) is 6.88. The van der Waals surface area contributed by atoms with Gasteiger partial charge in [0.25, 0.3) is 0 Å². The third kappa shape index (κ3) is 6.87. The van der Waals surface area contributed by atoms with Crippen molar-refractivity contribution < 1.29 is 44.3 Å². The SMILES string of the molecule is CCn1c(OCC(C)(C)C)cc(C(F)(F)F)nc1=Nc1ccc(C(F)(F)F)cc1C(F)(F)F. The zero-order valence-electron chi connectivity index (χ0n) is 17.9. The number of rotatable bonds is 4. The highest BCUT2D eigenvalue weighted by Crippen LogP contribution is 2.40. The van der Waals surface area contributed by atoms with Gasteiger partial charge in [-0.25, -0.2) is 9.98 Å². The number of halogens is 9. The van der Waals surface area contributed by atoms with Gasteiger partial charge in [-0.05, 0) is 30.5 Å². The number of hydrogen-bond donors (Lipinski definition) is 0. The zero-order valence-corrected chi connectivity index (χ0v) is 17.9. The molecule has 2 rings (SSSR count). The fourth-order valence-corrected chi connectivity index (χ4v) is 2.58. The van der Waals surface area contributed by atoms with Crippen LogP contribution < -0.4 is 10.4 Å². The molecule has 0 atom stereocenters. The minimum Gasteiger partial charge on any atom is -0.478 e. The van der Waals surface area contributed by atoms with Crippen molar-refractivity contribution in [2.75, 3.05) is 6.61 Å². The molecule has 0 saturated heterocycles. The summed E-state index contributed by atoms with van der Waals surface area (Å²) in [7, 11) is 0. The molecule has 0 bridgehead atoms. The lowest BCUT2D eigenvalue weighted by Gasteiger charge is -2.22. The van der Waals surface area contributed by atoms with E-state index in [1.54, 1.807) is 20.8 Å². The van der Waals surface area contributed by atoms with Gasteiger partial charge in [0.2, 0.25) is 5.62 Å². The van der Waals surface area contributed by atoms with Gasteiger partial charge in [-0.1, -0.05) is 20.8 Å². The molecular weight excluding hydrogens is 469 g/mol. The molecule has 4 nitrogen and oxygen atoms in total. The van der Waals surface area contributed by atoms with Crippen LogP contribution in [0.4, 0.5) is 45.2 Å². The average Bonchev–Trinajstić information content (AvgIpc) is 2.63. The predicted octanol–water partition coefficient (Wildman–Crippen LogP) is 6.62. The smallest absolute Gasteiger partial charge is 0.433 e. The van der Waals surface area contributed by atoms with Gasteiger partial charge in [0, 0.05) is 12.6 Å². The van der Waals surface area contributed by atoms with E-state index in [0.717, 1.165) is 4.57 Å². The van der Waals surface area contributed by atoms with E-state index in [2.05, 4.69) is 9.98 Å². The van der Waals surface area contributed by atoms with Crippen molar-refractivity contribution in [3.8, 4) is 5.88 Å². The van der Waals surface area contributed by atoms with Gasteiger partial charge in [0.05, 0.1) is 23.4 Å². The highest BCUT2D eigenvalue weighted by atomic mass is 19.4. The molecule has 0 N–H and O–H groups in total. The van der Waals surface area contributed by atoms with Crippen molar-refractivity contribution in [3.05, 3.63) is 46.7 Å². The summed E-state index contributed by atoms with van der Waals surface area (Å²) in [6.45, 7) is 6.58. The normalized spacial score (nSPS) is 14.0. The molecule has 1 aromatic heterocycles. The molecule has 0 aliphatic carbocycles. The maximum Gasteiger partial charge on any atom is 0.433 e. The Hall–Kier alpha value is -2.73. The molecule has 0 aliphatic heterocycles. The van der Waals surface area contributed by atoms with Crippen molar-refractivity contribution in [1.29, 1.82) is 0 Å². The quantitative estimate of drug-likeness (QED) is 0.453. The van der Waals surface area contributed by atoms with E-state index in [9.17, 15) is 39.5 Å². The van der Waals surface area contributed by atoms with Gasteiger partial charge in [-0.2, -0.15) is 39.5 Å². The lowest BCUT2D eigenvalue weighted by atomic mass is 9.99. The molecule has 33 heavy (non-hydrogen) atoms. The van der Waals surface area contributed by atoms with Crippen molar-refractivity contribution in [3.63, 3.8) is 0 Å². The van der Waals surface area contributed by atoms with Gasteiger partial charge >= 0.3 is 18.5 Å². The first-order chi connectivity index (χ1) is 14.8. The molecular formula is C20H20F9N3O. The van der Waals surface area contributed by atoms with E-state index < -0.39 is 52.1 Å². The van der Waals surface area contributed by atoms with Crippen LogP contribution in [-0.2, 0) is 25.1 Å². The van der Waals surface area contributed by atoms with Crippen LogP contribution >= 0.6 is 0 Å². The van der Waals surface area contributed by atoms with Gasteiger partial charge in [-0.3, -0.25) is 4.57 Å². The molecule has 1 aromatic carbocycles. The van der Waals surface area contributed by atoms with Crippen molar-refractivity contribution in [2.45, 2.75) is 52.8 Å². The number of hydrogen-bond acceptors (Lipinski definition) is 3. The fraction of sp³-hybridized carbons (Fsp3) is 0.500. The average molecular weight is 489 g/mol. The van der Waals surface area contributed by atoms with Gasteiger partial charge in [0.1, 0.15) is 0 Å². The molecule has 13 heteroatoms. The monoisotopic (exact) mass is 489 g/mol. The number of benzene rings is 1. The first kappa shape index (κ1) is 26.5. The summed E-state index contributed by atoms with van der Waals surface area (Å²) in [5, 5.41) is 0. The number of aromatic nitrogens is 2. The van der Waals surface area contributed by atoms with Crippen LogP contribution in [0.1, 0.15) is 44.5 Å². The minimum absolute atomic E-state index is 0.0398. The van der Waals surface area contributed by atoms with Gasteiger partial charge in [0.15, 0.2) is 11.6 Å². The predicted molar refractivity (Wildman–Crippen MR) is 99.5 cm³/mol. The van der Waals surface area contributed by atoms with Crippen LogP contribution in [0.15, 0.2) is 29.3 Å². The fourth-order valence-electron chi connectivity index (χ4n) is 2.58. The summed E-state index contributed by atoms with van der Waals surface area (Å²) in [5.41, 5.74) is -7.12. The molecule has 0 spiro atoms. The Balaban J connectivity index is 2.83. The number of nitrogens with zero attached hydrogens (tertiary/aromatic N) is 3. The van der Waals surface area contributed by atoms with Crippen molar-refractivity contribution in [2.24, 2.45) is 10.4 Å². The Morgan fingerprint density at radius 2 is 1.48 bits per heavy atom. The first-order valence-electron chi connectivity index (χ1n) is 9.48. The van der Waals surface area contributed by atoms with Crippen LogP contribution in [0.5, 0.6) is 5.88 Å². The Labute approximate surface area is 182 Å². The van der Waals surface area contributed by atoms with E-state index in [1.807, 2.05) is 0 Å². The van der Waals surface area contributed by atoms with E-state index in [0.29, 0.717) is 18.2 Å². The zero-order chi connectivity index (χ0) is 25.4. The summed E-state index contributed by atoms with van der Waals surface area (Å²) in [6.07, 6.45) is -15.3. The molecule has 0 aliphatic rings. The molecule has 0 unspecified atom stereocenters. The highest BCUT2D eigenvalue weighted by Gasteiger charge is 2.39. The lowest BCUT2D eigenvalue weighted by Crippen LogP contribution is -2.30. The Kier molecular flexibility index (Phi) is 7.15. The number of ether oxygens (including phenoxy) is 1. The minimum atomic E-state index is -5.26. The van der Waals surface area contributed by atoms with Crippen LogP contribution in [0, 0.1) is 5.41 Å². The standard InChI is InChI=1S/C20H20F9N3O/c1-5-32-15(33-10-17(2,3)4)9-14(20(27,28)29)31-16(32)30-13-7-6-11(18(21,22)23)8-12(13)19(24,25)26/h6-9H,5,10H2,1-4H3. The molecule has 1 heterocycles. The molecule has 0 saturated carbocycles. The Morgan fingerprint density at radius 3 is 1.94 bits per heavy atom. The maximum absolute atomic E-state index is 13.4. The Morgan fingerprint density at radius 1 is 0.879 bits per heavy atom. The molecule has 2 aromatic rings. The van der Waals surface area contributed by atoms with E-state index in [-0.39, 0.29) is 25.1 Å². The molecule has 184 valence electrons. The highest BCUT2D eigenvalue weighted by molar-refractivity contribution is 5.50. The second kappa shape index (κ2) is 8.90. The molecule has 0 fully saturated rings. The Bertz CT molecular complexity index is 1060. The van der Waals surface area contributed by atoms with E-state index in [4.69, 9.17) is 4.74 Å². The van der Waals surface area contributed by atoms with E-state index in [1.165, 1.54) is 6.92 Å². The van der Waals surface area contributed by atoms with Crippen LogP contribution in [0.3, 0.4) is 0 Å². The lowest BCUT2D eigenvalue weighted by molar-refractivity contribution is -0.143. The van der Waals surface area contributed by atoms with Crippen molar-refractivity contribution in [1.82, 2.24) is 9.55 Å². The third-order valence-electron chi connectivity index (χ3n) is 4.10. The second-order valence-corrected chi connectivity index (χ2v) is 8.21. The van der Waals surface area contributed by atoms with Crippen LogP contribution in [0.25, 0.3) is 0 Å². The van der Waals surface area contributed by atoms with E-state index >= 15 is 0 Å². The topological polar surface area (TPSA) is 39.4 Å². The second-order valence-electron chi connectivity index (χ2n) is 8.21. The summed E-state index contributed by atoms with van der Waals surface area (Å²) in [5.74, 6) is -0.353. The maximum atomic E-state index is 13.4. The molecule has 0 amide bonds. The van der Waals surface area contributed by atoms with Crippen LogP contribution in [0.2, 0.25) is 0 Å². The van der Waals surface area contributed by atoms with Crippen molar-refractivity contribution >= 4 is 5.69 Å². The van der Waals surface area contributed by atoms with Gasteiger partial charge < -0.3 is 4.74 Å². The molecule has 0 radical (unpaired) electrons. The van der Waals surface area contributed by atoms with Gasteiger partial charge in [-0.15, -0.1) is 0 Å². The third-order valence-corrected chi connectivity index (χ3v) is 4.10.